The summed E-state index contributed by atoms with van der Waals surface area (Å²) in [5.41, 5.74) is 3.64. The smallest absolute Gasteiger partial charge is 0.338 e. The van der Waals surface area contributed by atoms with E-state index >= 15 is 0 Å². The minimum Gasteiger partial charge on any atom is -0.462 e. The van der Waals surface area contributed by atoms with Crippen LogP contribution in [0.4, 0.5) is 11.4 Å². The molecule has 0 aliphatic carbocycles. The average molecular weight is 481 g/mol. The minimum atomic E-state index is -0.667. The molecule has 0 radical (unpaired) electrons. The largest absolute Gasteiger partial charge is 0.462 e. The summed E-state index contributed by atoms with van der Waals surface area (Å²) in [4.78, 5) is 50.8. The monoisotopic (exact) mass is 480 g/mol. The zero-order chi connectivity index (χ0) is 25.4. The van der Waals surface area contributed by atoms with Crippen molar-refractivity contribution in [2.24, 2.45) is 5.92 Å². The molecule has 2 aromatic carbocycles. The summed E-state index contributed by atoms with van der Waals surface area (Å²) < 4.78 is 10.4. The highest BCUT2D eigenvalue weighted by molar-refractivity contribution is 6.00. The van der Waals surface area contributed by atoms with E-state index in [1.54, 1.807) is 30.3 Å². The number of unbranched alkanes of at least 4 members (excludes halogenated alkanes) is 2. The van der Waals surface area contributed by atoms with E-state index in [1.807, 2.05) is 26.0 Å². The second-order valence-corrected chi connectivity index (χ2v) is 8.70. The van der Waals surface area contributed by atoms with Gasteiger partial charge in [0.2, 0.25) is 5.91 Å². The molecule has 0 aromatic heterocycles. The van der Waals surface area contributed by atoms with Gasteiger partial charge in [-0.3, -0.25) is 14.4 Å². The number of esters is 2. The molecule has 0 unspecified atom stereocenters. The molecule has 35 heavy (non-hydrogen) atoms. The van der Waals surface area contributed by atoms with E-state index in [-0.39, 0.29) is 18.9 Å². The maximum Gasteiger partial charge on any atom is 0.338 e. The third-order valence-electron chi connectivity index (χ3n) is 6.08. The molecule has 1 aliphatic rings. The van der Waals surface area contributed by atoms with E-state index in [0.29, 0.717) is 23.5 Å². The predicted octanol–water partition coefficient (Wildman–Crippen LogP) is 4.19. The highest BCUT2D eigenvalue weighted by Gasteiger charge is 2.36. The lowest BCUT2D eigenvalue weighted by molar-refractivity contribution is -0.151. The third kappa shape index (κ3) is 6.91. The Labute approximate surface area is 205 Å². The molecule has 2 amide bonds. The summed E-state index contributed by atoms with van der Waals surface area (Å²) in [6.07, 6.45) is 2.88. The number of rotatable bonds is 10. The third-order valence-corrected chi connectivity index (χ3v) is 6.08. The molecule has 1 aliphatic heterocycles. The Kier molecular flexibility index (Phi) is 9.00. The molecule has 1 fully saturated rings. The van der Waals surface area contributed by atoms with Crippen LogP contribution in [0, 0.1) is 19.8 Å². The molecule has 0 spiro atoms. The Hall–Kier alpha value is -3.68. The Balaban J connectivity index is 1.50. The van der Waals surface area contributed by atoms with Crippen LogP contribution < -0.4 is 10.2 Å². The summed E-state index contributed by atoms with van der Waals surface area (Å²) in [5.74, 6) is -2.32. The number of benzene rings is 2. The molecular formula is C27H32N2O6. The summed E-state index contributed by atoms with van der Waals surface area (Å²) >= 11 is 0. The topological polar surface area (TPSA) is 102 Å². The van der Waals surface area contributed by atoms with Crippen LogP contribution in [0.25, 0.3) is 0 Å². The normalized spacial score (nSPS) is 15.1. The van der Waals surface area contributed by atoms with Crippen molar-refractivity contribution >= 4 is 35.1 Å². The average Bonchev–Trinajstić information content (AvgIpc) is 3.25. The summed E-state index contributed by atoms with van der Waals surface area (Å²) in [5, 5.41) is 2.74. The molecule has 0 saturated carbocycles. The van der Waals surface area contributed by atoms with Gasteiger partial charge in [0.1, 0.15) is 0 Å². The Morgan fingerprint density at radius 3 is 2.49 bits per heavy atom. The van der Waals surface area contributed by atoms with Gasteiger partial charge in [0, 0.05) is 24.3 Å². The maximum atomic E-state index is 12.5. The van der Waals surface area contributed by atoms with Gasteiger partial charge in [-0.25, -0.2) is 4.79 Å². The fourth-order valence-corrected chi connectivity index (χ4v) is 3.82. The van der Waals surface area contributed by atoms with Gasteiger partial charge < -0.3 is 19.7 Å². The Bertz CT molecular complexity index is 1080. The number of hydrogen-bond acceptors (Lipinski definition) is 6. The molecule has 2 aromatic rings. The van der Waals surface area contributed by atoms with Gasteiger partial charge in [0.15, 0.2) is 6.61 Å². The van der Waals surface area contributed by atoms with E-state index in [9.17, 15) is 19.2 Å². The first-order chi connectivity index (χ1) is 16.8. The van der Waals surface area contributed by atoms with Gasteiger partial charge in [-0.2, -0.15) is 0 Å². The predicted molar refractivity (Wildman–Crippen MR) is 132 cm³/mol. The first-order valence-corrected chi connectivity index (χ1v) is 11.9. The number of aryl methyl sites for hydroxylation is 1. The van der Waals surface area contributed by atoms with Gasteiger partial charge in [0.25, 0.3) is 5.91 Å². The molecule has 1 N–H and O–H groups in total. The van der Waals surface area contributed by atoms with Gasteiger partial charge >= 0.3 is 11.9 Å². The number of nitrogens with zero attached hydrogens (tertiary/aromatic N) is 1. The van der Waals surface area contributed by atoms with E-state index in [4.69, 9.17) is 9.47 Å². The van der Waals surface area contributed by atoms with E-state index in [0.717, 1.165) is 30.4 Å². The number of carbonyl (C=O) groups is 4. The van der Waals surface area contributed by atoms with E-state index in [2.05, 4.69) is 12.2 Å². The number of amides is 2. The van der Waals surface area contributed by atoms with Crippen molar-refractivity contribution in [2.75, 3.05) is 30.0 Å². The van der Waals surface area contributed by atoms with Crippen LogP contribution in [0.1, 0.15) is 54.1 Å². The number of anilines is 2. The quantitative estimate of drug-likeness (QED) is 0.404. The first kappa shape index (κ1) is 25.9. The zero-order valence-corrected chi connectivity index (χ0v) is 20.5. The summed E-state index contributed by atoms with van der Waals surface area (Å²) in [6.45, 7) is 6.03. The van der Waals surface area contributed by atoms with Gasteiger partial charge in [-0.1, -0.05) is 31.9 Å². The zero-order valence-electron chi connectivity index (χ0n) is 20.5. The SMILES string of the molecule is CCCCCOC(=O)c1ccc(N2C[C@@H](C(=O)OCC(=O)Nc3cccc(C)c3C)CC2=O)cc1. The summed E-state index contributed by atoms with van der Waals surface area (Å²) in [7, 11) is 0. The molecule has 186 valence electrons. The van der Waals surface area contributed by atoms with Crippen molar-refractivity contribution in [1.29, 1.82) is 0 Å². The minimum absolute atomic E-state index is 0.00133. The van der Waals surface area contributed by atoms with E-state index < -0.39 is 30.4 Å². The number of hydrogen-bond donors (Lipinski definition) is 1. The molecule has 3 rings (SSSR count). The van der Waals surface area contributed by atoms with Crippen molar-refractivity contribution in [3.63, 3.8) is 0 Å². The van der Waals surface area contributed by atoms with Crippen LogP contribution in [0.5, 0.6) is 0 Å². The highest BCUT2D eigenvalue weighted by atomic mass is 16.5. The lowest BCUT2D eigenvalue weighted by Gasteiger charge is -2.17. The van der Waals surface area contributed by atoms with Crippen molar-refractivity contribution in [2.45, 2.75) is 46.5 Å². The van der Waals surface area contributed by atoms with Gasteiger partial charge in [0.05, 0.1) is 18.1 Å². The van der Waals surface area contributed by atoms with Crippen LogP contribution in [0.2, 0.25) is 0 Å². The fourth-order valence-electron chi connectivity index (χ4n) is 3.82. The van der Waals surface area contributed by atoms with Crippen LogP contribution >= 0.6 is 0 Å². The fraction of sp³-hybridized carbons (Fsp3) is 0.407. The van der Waals surface area contributed by atoms with Gasteiger partial charge in [-0.05, 0) is 61.7 Å². The number of ether oxygens (including phenoxy) is 2. The molecule has 1 heterocycles. The van der Waals surface area contributed by atoms with Crippen molar-refractivity contribution in [1.82, 2.24) is 0 Å². The van der Waals surface area contributed by atoms with Crippen LogP contribution in [0.3, 0.4) is 0 Å². The molecule has 8 nitrogen and oxygen atoms in total. The Morgan fingerprint density at radius 1 is 1.03 bits per heavy atom. The number of carbonyl (C=O) groups excluding carboxylic acids is 4. The number of nitrogens with one attached hydrogen (secondary N) is 1. The van der Waals surface area contributed by atoms with Crippen molar-refractivity contribution < 1.29 is 28.7 Å². The Morgan fingerprint density at radius 2 is 1.77 bits per heavy atom. The molecule has 1 atom stereocenters. The van der Waals surface area contributed by atoms with Crippen molar-refractivity contribution in [3.8, 4) is 0 Å². The molecule has 0 bridgehead atoms. The van der Waals surface area contributed by atoms with Crippen LogP contribution in [-0.2, 0) is 23.9 Å². The lowest BCUT2D eigenvalue weighted by Crippen LogP contribution is -2.28. The maximum absolute atomic E-state index is 12.5. The first-order valence-electron chi connectivity index (χ1n) is 11.9. The van der Waals surface area contributed by atoms with E-state index in [1.165, 1.54) is 4.90 Å². The van der Waals surface area contributed by atoms with Crippen LogP contribution in [0.15, 0.2) is 42.5 Å². The molecule has 8 heteroatoms. The van der Waals surface area contributed by atoms with Crippen molar-refractivity contribution in [3.05, 3.63) is 59.2 Å². The summed E-state index contributed by atoms with van der Waals surface area (Å²) in [6, 6.07) is 12.1. The molecular weight excluding hydrogens is 448 g/mol. The lowest BCUT2D eigenvalue weighted by atomic mass is 10.1. The highest BCUT2D eigenvalue weighted by Crippen LogP contribution is 2.26. The van der Waals surface area contributed by atoms with Gasteiger partial charge in [-0.15, -0.1) is 0 Å². The second kappa shape index (κ2) is 12.1. The second-order valence-electron chi connectivity index (χ2n) is 8.70. The standard InChI is InChI=1S/C27H32N2O6/c1-4-5-6-14-34-26(32)20-10-12-22(13-11-20)29-16-21(15-25(29)31)27(33)35-17-24(30)28-23-9-7-8-18(2)19(23)3/h7-13,21H,4-6,14-17H2,1-3H3,(H,28,30)/t21-/m0/s1. The van der Waals surface area contributed by atoms with Crippen LogP contribution in [-0.4, -0.2) is 43.5 Å². The molecule has 1 saturated heterocycles.